The number of rotatable bonds is 0. The average Bonchev–Trinajstić information content (AvgIpc) is 2.66. The van der Waals surface area contributed by atoms with Crippen LogP contribution in [0, 0.1) is 0 Å². The van der Waals surface area contributed by atoms with Gasteiger partial charge in [0.1, 0.15) is 6.29 Å². The van der Waals surface area contributed by atoms with Crippen molar-refractivity contribution >= 4 is 6.29 Å². The summed E-state index contributed by atoms with van der Waals surface area (Å²) in [5.41, 5.74) is 0. The van der Waals surface area contributed by atoms with Crippen LogP contribution in [0.5, 0.6) is 0 Å². The van der Waals surface area contributed by atoms with Crippen molar-refractivity contribution in [2.45, 2.75) is 33.6 Å². The first kappa shape index (κ1) is 18.4. The van der Waals surface area contributed by atoms with E-state index in [9.17, 15) is 0 Å². The van der Waals surface area contributed by atoms with Crippen LogP contribution in [-0.4, -0.2) is 33.5 Å². The predicted octanol–water partition coefficient (Wildman–Crippen LogP) is 1.44. The SMILES string of the molecule is C1CCNC1.CC.CC=O.CNC. The third-order valence-electron chi connectivity index (χ3n) is 0.957. The van der Waals surface area contributed by atoms with Crippen LogP contribution >= 0.6 is 0 Å². The summed E-state index contributed by atoms with van der Waals surface area (Å²) in [6, 6.07) is 0. The highest BCUT2D eigenvalue weighted by atomic mass is 16.1. The Hall–Kier alpha value is -0.410. The molecular weight excluding hydrogens is 164 g/mol. The molecule has 0 aromatic carbocycles. The van der Waals surface area contributed by atoms with E-state index in [2.05, 4.69) is 10.6 Å². The van der Waals surface area contributed by atoms with Crippen molar-refractivity contribution in [3.8, 4) is 0 Å². The van der Waals surface area contributed by atoms with Gasteiger partial charge in [0.15, 0.2) is 0 Å². The molecule has 3 heteroatoms. The summed E-state index contributed by atoms with van der Waals surface area (Å²) in [5.74, 6) is 0. The Kier molecular flexibility index (Phi) is 42.3. The Labute approximate surface area is 83.3 Å². The van der Waals surface area contributed by atoms with Gasteiger partial charge in [-0.1, -0.05) is 13.8 Å². The van der Waals surface area contributed by atoms with E-state index in [0.717, 1.165) is 6.29 Å². The van der Waals surface area contributed by atoms with Crippen LogP contribution in [0.3, 0.4) is 0 Å². The summed E-state index contributed by atoms with van der Waals surface area (Å²) in [5, 5.41) is 5.97. The zero-order chi connectivity index (χ0) is 10.9. The maximum Gasteiger partial charge on any atom is 0.116 e. The molecule has 1 fully saturated rings. The molecule has 0 aliphatic carbocycles. The fourth-order valence-electron chi connectivity index (χ4n) is 0.625. The van der Waals surface area contributed by atoms with Crippen molar-refractivity contribution in [1.29, 1.82) is 0 Å². The minimum absolute atomic E-state index is 0.750. The minimum Gasteiger partial charge on any atom is -0.323 e. The molecule has 0 unspecified atom stereocenters. The van der Waals surface area contributed by atoms with E-state index in [4.69, 9.17) is 4.79 Å². The van der Waals surface area contributed by atoms with Gasteiger partial charge in [0, 0.05) is 0 Å². The van der Waals surface area contributed by atoms with Gasteiger partial charge in [0.05, 0.1) is 0 Å². The van der Waals surface area contributed by atoms with Crippen LogP contribution in [0.25, 0.3) is 0 Å². The summed E-state index contributed by atoms with van der Waals surface area (Å²) < 4.78 is 0. The Morgan fingerprint density at radius 2 is 1.38 bits per heavy atom. The lowest BCUT2D eigenvalue weighted by atomic mass is 10.4. The molecule has 1 heterocycles. The van der Waals surface area contributed by atoms with Gasteiger partial charge in [0.25, 0.3) is 0 Å². The first-order valence-corrected chi connectivity index (χ1v) is 5.02. The first-order chi connectivity index (χ1) is 6.33. The topological polar surface area (TPSA) is 41.1 Å². The molecule has 0 spiro atoms. The van der Waals surface area contributed by atoms with Gasteiger partial charge >= 0.3 is 0 Å². The van der Waals surface area contributed by atoms with E-state index >= 15 is 0 Å². The molecule has 3 nitrogen and oxygen atoms in total. The van der Waals surface area contributed by atoms with E-state index in [1.807, 2.05) is 27.9 Å². The highest BCUT2D eigenvalue weighted by molar-refractivity contribution is 5.44. The molecular formula is C10H26N2O. The summed E-state index contributed by atoms with van der Waals surface area (Å²) in [6.45, 7) is 7.94. The molecule has 0 saturated carbocycles. The van der Waals surface area contributed by atoms with Crippen molar-refractivity contribution < 1.29 is 4.79 Å². The molecule has 1 rings (SSSR count). The molecule has 0 radical (unpaired) electrons. The number of carbonyl (C=O) groups excluding carboxylic acids is 1. The summed E-state index contributed by atoms with van der Waals surface area (Å²) in [6.07, 6.45) is 3.53. The Morgan fingerprint density at radius 1 is 1.15 bits per heavy atom. The number of nitrogens with one attached hydrogen (secondary N) is 2. The summed E-state index contributed by atoms with van der Waals surface area (Å²) in [4.78, 5) is 8.81. The van der Waals surface area contributed by atoms with Gasteiger partial charge < -0.3 is 15.4 Å². The van der Waals surface area contributed by atoms with Crippen molar-refractivity contribution in [3.05, 3.63) is 0 Å². The van der Waals surface area contributed by atoms with Crippen molar-refractivity contribution in [1.82, 2.24) is 10.6 Å². The lowest BCUT2D eigenvalue weighted by molar-refractivity contribution is -0.106. The van der Waals surface area contributed by atoms with Gasteiger partial charge in [0.2, 0.25) is 0 Å². The van der Waals surface area contributed by atoms with E-state index in [0.29, 0.717) is 0 Å². The van der Waals surface area contributed by atoms with Crippen LogP contribution in [0.2, 0.25) is 0 Å². The molecule has 0 amide bonds. The highest BCUT2D eigenvalue weighted by Crippen LogP contribution is 1.90. The van der Waals surface area contributed by atoms with Crippen LogP contribution in [0.15, 0.2) is 0 Å². The molecule has 0 atom stereocenters. The zero-order valence-electron chi connectivity index (χ0n) is 9.81. The monoisotopic (exact) mass is 190 g/mol. The van der Waals surface area contributed by atoms with Gasteiger partial charge in [-0.25, -0.2) is 0 Å². The predicted molar refractivity (Wildman–Crippen MR) is 60.2 cm³/mol. The fraction of sp³-hybridized carbons (Fsp3) is 0.900. The number of hydrogen-bond donors (Lipinski definition) is 2. The van der Waals surface area contributed by atoms with Crippen molar-refractivity contribution in [2.75, 3.05) is 27.2 Å². The van der Waals surface area contributed by atoms with E-state index in [-0.39, 0.29) is 0 Å². The second-order valence-electron chi connectivity index (χ2n) is 2.19. The van der Waals surface area contributed by atoms with Crippen molar-refractivity contribution in [3.63, 3.8) is 0 Å². The third-order valence-corrected chi connectivity index (χ3v) is 0.957. The van der Waals surface area contributed by atoms with Gasteiger partial charge in [-0.15, -0.1) is 0 Å². The van der Waals surface area contributed by atoms with Crippen LogP contribution in [0.4, 0.5) is 0 Å². The highest BCUT2D eigenvalue weighted by Gasteiger charge is 1.93. The number of carbonyl (C=O) groups is 1. The maximum absolute atomic E-state index is 8.81. The molecule has 0 aromatic rings. The Morgan fingerprint density at radius 3 is 1.46 bits per heavy atom. The number of aldehydes is 1. The molecule has 1 aliphatic rings. The molecule has 2 N–H and O–H groups in total. The lowest BCUT2D eigenvalue weighted by Gasteiger charge is -1.76. The minimum atomic E-state index is 0.750. The zero-order valence-corrected chi connectivity index (χ0v) is 9.81. The largest absolute Gasteiger partial charge is 0.323 e. The molecule has 1 saturated heterocycles. The molecule has 0 aromatic heterocycles. The Bertz CT molecular complexity index is 56.3. The van der Waals surface area contributed by atoms with Gasteiger partial charge in [-0.05, 0) is 47.0 Å². The van der Waals surface area contributed by atoms with Crippen LogP contribution in [-0.2, 0) is 4.79 Å². The normalized spacial score (nSPS) is 12.1. The van der Waals surface area contributed by atoms with E-state index < -0.39 is 0 Å². The van der Waals surface area contributed by atoms with Gasteiger partial charge in [-0.3, -0.25) is 0 Å². The third kappa shape index (κ3) is 50.6. The standard InChI is InChI=1S/C4H9N.C2H7N.C2H4O.C2H6/c1-2-4-5-3-1;1-3-2;1-2-3;1-2/h5H,1-4H2;3H,1-2H3;2H,1H3;1-2H3. The molecule has 82 valence electrons. The first-order valence-electron chi connectivity index (χ1n) is 5.02. The van der Waals surface area contributed by atoms with Gasteiger partial charge in [-0.2, -0.15) is 0 Å². The maximum atomic E-state index is 8.81. The quantitative estimate of drug-likeness (QED) is 0.568. The van der Waals surface area contributed by atoms with Crippen molar-refractivity contribution in [2.24, 2.45) is 0 Å². The van der Waals surface area contributed by atoms with Crippen LogP contribution < -0.4 is 10.6 Å². The molecule has 0 bridgehead atoms. The summed E-state index contributed by atoms with van der Waals surface area (Å²) in [7, 11) is 3.75. The van der Waals surface area contributed by atoms with Crippen LogP contribution in [0.1, 0.15) is 33.6 Å². The molecule has 1 aliphatic heterocycles. The fourth-order valence-corrected chi connectivity index (χ4v) is 0.625. The second kappa shape index (κ2) is 29.9. The smallest absolute Gasteiger partial charge is 0.116 e. The second-order valence-corrected chi connectivity index (χ2v) is 2.19. The Balaban J connectivity index is -0.000000112. The lowest BCUT2D eigenvalue weighted by Crippen LogP contribution is -2.03. The average molecular weight is 190 g/mol. The molecule has 13 heavy (non-hydrogen) atoms. The summed E-state index contributed by atoms with van der Waals surface area (Å²) >= 11 is 0. The number of hydrogen-bond acceptors (Lipinski definition) is 3. The van der Waals surface area contributed by atoms with E-state index in [1.165, 1.54) is 32.9 Å². The van der Waals surface area contributed by atoms with E-state index in [1.54, 1.807) is 0 Å².